The van der Waals surface area contributed by atoms with Crippen LogP contribution in [0.15, 0.2) is 0 Å². The molecule has 1 N–H and O–H groups in total. The smallest absolute Gasteiger partial charge is 0.0793 e. The molecule has 0 aliphatic carbocycles. The number of β-amino-alcohol motifs (C(OH)–C–C–N with tert-alkyl or cyclic N) is 1. The van der Waals surface area contributed by atoms with Gasteiger partial charge in [0.15, 0.2) is 0 Å². The Labute approximate surface area is 118 Å². The Balaban J connectivity index is 1.68. The van der Waals surface area contributed by atoms with E-state index < -0.39 is 10.8 Å². The topological polar surface area (TPSA) is 53.0 Å². The van der Waals surface area contributed by atoms with Gasteiger partial charge >= 0.3 is 0 Å². The standard InChI is InChI=1S/C13H26N2O3S/c1-14(12-2-8-19(17)9-3-12)10-13(16)11-15-4-6-18-7-5-15/h12-13,16H,2-11H2,1H3. The van der Waals surface area contributed by atoms with Gasteiger partial charge in [0.1, 0.15) is 0 Å². The maximum Gasteiger partial charge on any atom is 0.0793 e. The summed E-state index contributed by atoms with van der Waals surface area (Å²) in [5.74, 6) is 1.63. The summed E-state index contributed by atoms with van der Waals surface area (Å²) >= 11 is 0. The first-order valence-electron chi connectivity index (χ1n) is 7.18. The van der Waals surface area contributed by atoms with E-state index in [0.29, 0.717) is 12.6 Å². The molecule has 0 bridgehead atoms. The van der Waals surface area contributed by atoms with Gasteiger partial charge in [-0.1, -0.05) is 0 Å². The monoisotopic (exact) mass is 290 g/mol. The van der Waals surface area contributed by atoms with Crippen LogP contribution in [0, 0.1) is 0 Å². The molecular formula is C13H26N2O3S. The van der Waals surface area contributed by atoms with Crippen molar-refractivity contribution in [2.45, 2.75) is 25.0 Å². The van der Waals surface area contributed by atoms with E-state index in [0.717, 1.165) is 57.2 Å². The van der Waals surface area contributed by atoms with Crippen molar-refractivity contribution < 1.29 is 14.1 Å². The number of hydrogen-bond acceptors (Lipinski definition) is 5. The van der Waals surface area contributed by atoms with Crippen LogP contribution in [0.25, 0.3) is 0 Å². The van der Waals surface area contributed by atoms with Crippen LogP contribution in [0.5, 0.6) is 0 Å². The van der Waals surface area contributed by atoms with Crippen molar-refractivity contribution in [2.75, 3.05) is 57.9 Å². The summed E-state index contributed by atoms with van der Waals surface area (Å²) in [4.78, 5) is 4.50. The van der Waals surface area contributed by atoms with Crippen molar-refractivity contribution >= 4 is 10.8 Å². The zero-order valence-corrected chi connectivity index (χ0v) is 12.6. The number of rotatable bonds is 5. The Hall–Kier alpha value is -0.0100. The molecule has 0 aromatic carbocycles. The average Bonchev–Trinajstić information content (AvgIpc) is 2.40. The van der Waals surface area contributed by atoms with Crippen molar-refractivity contribution in [3.05, 3.63) is 0 Å². The zero-order chi connectivity index (χ0) is 13.7. The number of ether oxygens (including phenoxy) is 1. The molecule has 2 fully saturated rings. The van der Waals surface area contributed by atoms with Gasteiger partial charge in [0.25, 0.3) is 0 Å². The average molecular weight is 290 g/mol. The van der Waals surface area contributed by atoms with Crippen LogP contribution in [0.1, 0.15) is 12.8 Å². The fourth-order valence-electron chi connectivity index (χ4n) is 2.84. The predicted octanol–water partition coefficient (Wildman–Crippen LogP) is -0.478. The normalized spacial score (nSPS) is 31.5. The molecule has 112 valence electrons. The lowest BCUT2D eigenvalue weighted by Gasteiger charge is -2.34. The third-order valence-corrected chi connectivity index (χ3v) is 5.43. The Morgan fingerprint density at radius 3 is 2.63 bits per heavy atom. The van der Waals surface area contributed by atoms with Crippen LogP contribution in [-0.2, 0) is 15.5 Å². The lowest BCUT2D eigenvalue weighted by molar-refractivity contribution is 0.00547. The molecule has 2 saturated heterocycles. The van der Waals surface area contributed by atoms with E-state index in [1.165, 1.54) is 0 Å². The molecule has 0 spiro atoms. The summed E-state index contributed by atoms with van der Waals surface area (Å²) in [5, 5.41) is 10.2. The summed E-state index contributed by atoms with van der Waals surface area (Å²) < 4.78 is 16.6. The molecule has 2 aliphatic heterocycles. The second-order valence-electron chi connectivity index (χ2n) is 5.59. The molecule has 5 nitrogen and oxygen atoms in total. The molecular weight excluding hydrogens is 264 g/mol. The third kappa shape index (κ3) is 5.11. The van der Waals surface area contributed by atoms with E-state index in [9.17, 15) is 9.32 Å². The van der Waals surface area contributed by atoms with Gasteiger partial charge in [-0.05, 0) is 19.9 Å². The SMILES string of the molecule is CN(CC(O)CN1CCOCC1)C1CCS(=O)CC1. The maximum atomic E-state index is 11.3. The fourth-order valence-corrected chi connectivity index (χ4v) is 4.12. The number of nitrogens with zero attached hydrogens (tertiary/aromatic N) is 2. The van der Waals surface area contributed by atoms with Gasteiger partial charge in [-0.15, -0.1) is 0 Å². The van der Waals surface area contributed by atoms with Gasteiger partial charge in [0.2, 0.25) is 0 Å². The molecule has 2 heterocycles. The van der Waals surface area contributed by atoms with Crippen molar-refractivity contribution in [3.8, 4) is 0 Å². The van der Waals surface area contributed by atoms with Gasteiger partial charge in [-0.25, -0.2) is 0 Å². The second-order valence-corrected chi connectivity index (χ2v) is 7.28. The number of aliphatic hydroxyl groups excluding tert-OH is 1. The fraction of sp³-hybridized carbons (Fsp3) is 1.00. The molecule has 0 radical (unpaired) electrons. The third-order valence-electron chi connectivity index (χ3n) is 4.05. The quantitative estimate of drug-likeness (QED) is 0.741. The summed E-state index contributed by atoms with van der Waals surface area (Å²) in [7, 11) is 1.46. The van der Waals surface area contributed by atoms with Crippen molar-refractivity contribution in [2.24, 2.45) is 0 Å². The highest BCUT2D eigenvalue weighted by Gasteiger charge is 2.24. The second kappa shape index (κ2) is 7.69. The maximum absolute atomic E-state index is 11.3. The number of morpholine rings is 1. The molecule has 19 heavy (non-hydrogen) atoms. The van der Waals surface area contributed by atoms with Crippen molar-refractivity contribution in [1.29, 1.82) is 0 Å². The molecule has 0 saturated carbocycles. The molecule has 0 aromatic heterocycles. The van der Waals surface area contributed by atoms with E-state index >= 15 is 0 Å². The lowest BCUT2D eigenvalue weighted by Crippen LogP contribution is -2.46. The Morgan fingerprint density at radius 2 is 2.00 bits per heavy atom. The minimum absolute atomic E-state index is 0.310. The Bertz CT molecular complexity index is 288. The van der Waals surface area contributed by atoms with Crippen LogP contribution in [-0.4, -0.2) is 89.2 Å². The molecule has 0 aromatic rings. The first-order chi connectivity index (χ1) is 9.15. The van der Waals surface area contributed by atoms with Gasteiger partial charge in [-0.3, -0.25) is 9.11 Å². The van der Waals surface area contributed by atoms with Gasteiger partial charge in [-0.2, -0.15) is 0 Å². The molecule has 2 rings (SSSR count). The van der Waals surface area contributed by atoms with E-state index in [1.54, 1.807) is 0 Å². The number of hydrogen-bond donors (Lipinski definition) is 1. The summed E-state index contributed by atoms with van der Waals surface area (Å²) in [5.41, 5.74) is 0. The first-order valence-corrected chi connectivity index (χ1v) is 8.67. The summed E-state index contributed by atoms with van der Waals surface area (Å²) in [6.07, 6.45) is 1.68. The van der Waals surface area contributed by atoms with Gasteiger partial charge in [0, 0.05) is 54.5 Å². The van der Waals surface area contributed by atoms with E-state index in [1.807, 2.05) is 0 Å². The van der Waals surface area contributed by atoms with E-state index in [2.05, 4.69) is 16.8 Å². The van der Waals surface area contributed by atoms with E-state index in [4.69, 9.17) is 4.74 Å². The van der Waals surface area contributed by atoms with Crippen molar-refractivity contribution in [1.82, 2.24) is 9.80 Å². The number of likely N-dealkylation sites (N-methyl/N-ethyl adjacent to an activating group) is 1. The van der Waals surface area contributed by atoms with Gasteiger partial charge < -0.3 is 14.7 Å². The number of aliphatic hydroxyl groups is 1. The van der Waals surface area contributed by atoms with Crippen LogP contribution in [0.3, 0.4) is 0 Å². The molecule has 0 amide bonds. The molecule has 2 aliphatic rings. The highest BCUT2D eigenvalue weighted by Crippen LogP contribution is 2.15. The Morgan fingerprint density at radius 1 is 1.37 bits per heavy atom. The van der Waals surface area contributed by atoms with E-state index in [-0.39, 0.29) is 6.10 Å². The van der Waals surface area contributed by atoms with Crippen LogP contribution >= 0.6 is 0 Å². The Kier molecular flexibility index (Phi) is 6.22. The molecule has 1 atom stereocenters. The minimum Gasteiger partial charge on any atom is -0.390 e. The summed E-state index contributed by atoms with van der Waals surface area (Å²) in [6, 6.07) is 0.483. The summed E-state index contributed by atoms with van der Waals surface area (Å²) in [6.45, 7) is 4.82. The zero-order valence-electron chi connectivity index (χ0n) is 11.8. The van der Waals surface area contributed by atoms with Crippen LogP contribution < -0.4 is 0 Å². The molecule has 1 unspecified atom stereocenters. The largest absolute Gasteiger partial charge is 0.390 e. The first kappa shape index (κ1) is 15.4. The lowest BCUT2D eigenvalue weighted by atomic mass is 10.1. The van der Waals surface area contributed by atoms with Crippen molar-refractivity contribution in [3.63, 3.8) is 0 Å². The van der Waals surface area contributed by atoms with Crippen LogP contribution in [0.2, 0.25) is 0 Å². The highest BCUT2D eigenvalue weighted by molar-refractivity contribution is 7.85. The molecule has 6 heteroatoms. The highest BCUT2D eigenvalue weighted by atomic mass is 32.2. The minimum atomic E-state index is -0.607. The van der Waals surface area contributed by atoms with Gasteiger partial charge in [0.05, 0.1) is 19.3 Å². The van der Waals surface area contributed by atoms with Crippen LogP contribution in [0.4, 0.5) is 0 Å². The predicted molar refractivity (Wildman–Crippen MR) is 76.8 cm³/mol.